The van der Waals surface area contributed by atoms with Gasteiger partial charge in [-0.1, -0.05) is 262 Å². The van der Waals surface area contributed by atoms with Crippen molar-refractivity contribution in [2.45, 2.75) is 334 Å². The molecule has 0 fully saturated rings. The predicted molar refractivity (Wildman–Crippen MR) is 296 cm³/mol. The van der Waals surface area contributed by atoms with Crippen molar-refractivity contribution < 1.29 is 24.5 Å². The van der Waals surface area contributed by atoms with Gasteiger partial charge in [-0.25, -0.2) is 0 Å². The fourth-order valence-electron chi connectivity index (χ4n) is 9.21. The zero-order valence-corrected chi connectivity index (χ0v) is 45.6. The molecule has 0 aromatic rings. The number of aliphatic hydroxyl groups is 2. The third kappa shape index (κ3) is 53.4. The molecule has 1 amide bonds. The van der Waals surface area contributed by atoms with Crippen LogP contribution in [0.5, 0.6) is 0 Å². The molecular weight excluding hydrogens is 839 g/mol. The fourth-order valence-corrected chi connectivity index (χ4v) is 9.21. The normalized spacial score (nSPS) is 12.8. The lowest BCUT2D eigenvalue weighted by Crippen LogP contribution is -2.45. The predicted octanol–water partition coefficient (Wildman–Crippen LogP) is 18.8. The van der Waals surface area contributed by atoms with Crippen molar-refractivity contribution in [1.82, 2.24) is 5.32 Å². The Morgan fingerprint density at radius 2 is 0.691 bits per heavy atom. The summed E-state index contributed by atoms with van der Waals surface area (Å²) in [5.74, 6) is -0.0876. The van der Waals surface area contributed by atoms with E-state index in [1.54, 1.807) is 6.08 Å². The third-order valence-corrected chi connectivity index (χ3v) is 13.9. The second-order valence-electron chi connectivity index (χ2n) is 20.7. The zero-order chi connectivity index (χ0) is 49.3. The van der Waals surface area contributed by atoms with Crippen molar-refractivity contribution in [3.05, 3.63) is 36.5 Å². The molecule has 68 heavy (non-hydrogen) atoms. The van der Waals surface area contributed by atoms with Gasteiger partial charge in [-0.15, -0.1) is 0 Å². The molecule has 6 nitrogen and oxygen atoms in total. The largest absolute Gasteiger partial charge is 0.466 e. The van der Waals surface area contributed by atoms with Crippen LogP contribution in [0.1, 0.15) is 322 Å². The van der Waals surface area contributed by atoms with Crippen LogP contribution in [0.15, 0.2) is 36.5 Å². The van der Waals surface area contributed by atoms with Crippen LogP contribution in [0.4, 0.5) is 0 Å². The van der Waals surface area contributed by atoms with Crippen molar-refractivity contribution in [2.75, 3.05) is 13.2 Å². The van der Waals surface area contributed by atoms with Crippen LogP contribution in [0.25, 0.3) is 0 Å². The molecule has 0 aliphatic rings. The van der Waals surface area contributed by atoms with E-state index in [4.69, 9.17) is 4.74 Å². The lowest BCUT2D eigenvalue weighted by atomic mass is 10.0. The maximum absolute atomic E-state index is 12.5. The van der Waals surface area contributed by atoms with Gasteiger partial charge in [0, 0.05) is 12.8 Å². The van der Waals surface area contributed by atoms with E-state index in [-0.39, 0.29) is 18.5 Å². The van der Waals surface area contributed by atoms with Crippen LogP contribution in [0, 0.1) is 0 Å². The summed E-state index contributed by atoms with van der Waals surface area (Å²) in [5, 5.41) is 23.2. The second kappa shape index (κ2) is 57.7. The molecule has 0 saturated carbocycles. The Morgan fingerprint density at radius 3 is 1.06 bits per heavy atom. The average molecular weight is 957 g/mol. The maximum Gasteiger partial charge on any atom is 0.305 e. The summed E-state index contributed by atoms with van der Waals surface area (Å²) in [7, 11) is 0. The van der Waals surface area contributed by atoms with Crippen LogP contribution in [-0.4, -0.2) is 47.4 Å². The highest BCUT2D eigenvalue weighted by Gasteiger charge is 2.18. The standard InChI is InChI=1S/C62H117NO5/c1-3-5-7-9-11-13-15-17-18-19-20-21-24-27-31-34-38-42-46-50-54-60(65)59(58-64)63-61(66)55-51-47-43-39-35-32-28-25-22-23-26-29-33-37-41-45-49-53-57-68-62(67)56-52-48-44-40-36-30-16-14-12-10-8-6-4-2/h14,16,25,28,50,54,59-60,64-65H,3-13,15,17-24,26-27,29-49,51-53,55-58H2,1-2H3,(H,63,66)/b16-14-,28-25-,54-50+. The van der Waals surface area contributed by atoms with Gasteiger partial charge in [-0.2, -0.15) is 0 Å². The van der Waals surface area contributed by atoms with Gasteiger partial charge in [0.05, 0.1) is 25.4 Å². The topological polar surface area (TPSA) is 95.9 Å². The first-order valence-electron chi connectivity index (χ1n) is 30.3. The summed E-state index contributed by atoms with van der Waals surface area (Å²) in [6.07, 6.45) is 71.7. The van der Waals surface area contributed by atoms with Gasteiger partial charge >= 0.3 is 5.97 Å². The SMILES string of the molecule is CCCCCC/C=C\CCCCCCCC(=O)OCCCCCCCCCCC/C=C\CCCCCCCC(=O)NC(CO)C(O)/C=C/CCCCCCCCCCCCCCCCCCCC. The molecule has 0 radical (unpaired) electrons. The first-order chi connectivity index (χ1) is 33.5. The van der Waals surface area contributed by atoms with Gasteiger partial charge in [0.25, 0.3) is 0 Å². The number of amides is 1. The molecular formula is C62H117NO5. The maximum atomic E-state index is 12.5. The highest BCUT2D eigenvalue weighted by atomic mass is 16.5. The van der Waals surface area contributed by atoms with E-state index in [0.717, 1.165) is 64.2 Å². The van der Waals surface area contributed by atoms with E-state index in [1.165, 1.54) is 231 Å². The molecule has 0 aliphatic heterocycles. The Hall–Kier alpha value is -1.92. The lowest BCUT2D eigenvalue weighted by molar-refractivity contribution is -0.143. The second-order valence-corrected chi connectivity index (χ2v) is 20.7. The number of unbranched alkanes of at least 4 members (excludes halogenated alkanes) is 41. The van der Waals surface area contributed by atoms with Crippen molar-refractivity contribution in [2.24, 2.45) is 0 Å². The summed E-state index contributed by atoms with van der Waals surface area (Å²) in [6.45, 7) is 4.88. The minimum atomic E-state index is -0.854. The molecule has 0 spiro atoms. The number of carbonyl (C=O) groups is 2. The van der Waals surface area contributed by atoms with Crippen LogP contribution in [0.3, 0.4) is 0 Å². The molecule has 2 atom stereocenters. The third-order valence-electron chi connectivity index (χ3n) is 13.9. The van der Waals surface area contributed by atoms with Crippen LogP contribution >= 0.6 is 0 Å². The van der Waals surface area contributed by atoms with Gasteiger partial charge in [-0.05, 0) is 83.5 Å². The van der Waals surface area contributed by atoms with E-state index in [2.05, 4.69) is 43.5 Å². The highest BCUT2D eigenvalue weighted by Crippen LogP contribution is 2.17. The van der Waals surface area contributed by atoms with Gasteiger partial charge in [0.2, 0.25) is 5.91 Å². The van der Waals surface area contributed by atoms with Gasteiger partial charge in [0.15, 0.2) is 0 Å². The van der Waals surface area contributed by atoms with E-state index in [1.807, 2.05) is 6.08 Å². The molecule has 0 saturated heterocycles. The van der Waals surface area contributed by atoms with E-state index >= 15 is 0 Å². The summed E-state index contributed by atoms with van der Waals surface area (Å²) in [5.41, 5.74) is 0. The number of hydrogen-bond donors (Lipinski definition) is 3. The van der Waals surface area contributed by atoms with Crippen molar-refractivity contribution >= 4 is 11.9 Å². The summed E-state index contributed by atoms with van der Waals surface area (Å²) < 4.78 is 5.46. The van der Waals surface area contributed by atoms with Crippen LogP contribution < -0.4 is 5.32 Å². The van der Waals surface area contributed by atoms with Crippen molar-refractivity contribution in [1.29, 1.82) is 0 Å². The number of allylic oxidation sites excluding steroid dienone is 5. The number of esters is 1. The first kappa shape index (κ1) is 66.1. The molecule has 0 aromatic carbocycles. The molecule has 0 aliphatic carbocycles. The summed E-state index contributed by atoms with van der Waals surface area (Å²) in [6, 6.07) is -0.639. The fraction of sp³-hybridized carbons (Fsp3) is 0.871. The van der Waals surface area contributed by atoms with Gasteiger partial charge < -0.3 is 20.3 Å². The molecule has 0 bridgehead atoms. The minimum Gasteiger partial charge on any atom is -0.466 e. The van der Waals surface area contributed by atoms with Crippen molar-refractivity contribution in [3.63, 3.8) is 0 Å². The number of rotatable bonds is 56. The quantitative estimate of drug-likeness (QED) is 0.0321. The minimum absolute atomic E-state index is 0.00710. The van der Waals surface area contributed by atoms with Crippen LogP contribution in [0.2, 0.25) is 0 Å². The van der Waals surface area contributed by atoms with Crippen LogP contribution in [-0.2, 0) is 14.3 Å². The molecule has 0 heterocycles. The van der Waals surface area contributed by atoms with Gasteiger partial charge in [0.1, 0.15) is 0 Å². The number of carbonyl (C=O) groups excluding carboxylic acids is 2. The molecule has 400 valence electrons. The monoisotopic (exact) mass is 956 g/mol. The molecule has 6 heteroatoms. The van der Waals surface area contributed by atoms with E-state index < -0.39 is 12.1 Å². The molecule has 0 rings (SSSR count). The summed E-state index contributed by atoms with van der Waals surface area (Å²) >= 11 is 0. The Kier molecular flexibility index (Phi) is 56.0. The first-order valence-corrected chi connectivity index (χ1v) is 30.3. The van der Waals surface area contributed by atoms with Crippen molar-refractivity contribution in [3.8, 4) is 0 Å². The Balaban J connectivity index is 3.49. The Labute approximate surface area is 424 Å². The van der Waals surface area contributed by atoms with Gasteiger partial charge in [-0.3, -0.25) is 9.59 Å². The number of aliphatic hydroxyl groups excluding tert-OH is 2. The number of ether oxygens (including phenoxy) is 1. The Morgan fingerprint density at radius 1 is 0.397 bits per heavy atom. The average Bonchev–Trinajstić information content (AvgIpc) is 3.34. The molecule has 3 N–H and O–H groups in total. The lowest BCUT2D eigenvalue weighted by Gasteiger charge is -2.20. The smallest absolute Gasteiger partial charge is 0.305 e. The Bertz CT molecular complexity index is 1100. The zero-order valence-electron chi connectivity index (χ0n) is 45.6. The number of nitrogens with one attached hydrogen (secondary N) is 1. The molecule has 0 aromatic heterocycles. The van der Waals surface area contributed by atoms with E-state index in [0.29, 0.717) is 19.4 Å². The number of hydrogen-bond acceptors (Lipinski definition) is 5. The molecule has 2 unspecified atom stereocenters. The summed E-state index contributed by atoms with van der Waals surface area (Å²) in [4.78, 5) is 24.5. The van der Waals surface area contributed by atoms with E-state index in [9.17, 15) is 19.8 Å². The highest BCUT2D eigenvalue weighted by molar-refractivity contribution is 5.76.